The highest BCUT2D eigenvalue weighted by molar-refractivity contribution is 5.75. The number of hydrogen-bond acceptors (Lipinski definition) is 3. The van der Waals surface area contributed by atoms with Crippen LogP contribution in [0.2, 0.25) is 0 Å². The minimum atomic E-state index is 0.785. The first-order chi connectivity index (χ1) is 10.4. The van der Waals surface area contributed by atoms with Gasteiger partial charge in [-0.1, -0.05) is 19.1 Å². The second kappa shape index (κ2) is 8.80. The van der Waals surface area contributed by atoms with Gasteiger partial charge in [-0.3, -0.25) is 0 Å². The Morgan fingerprint density at radius 3 is 2.86 bits per heavy atom. The zero-order valence-electron chi connectivity index (χ0n) is 13.3. The van der Waals surface area contributed by atoms with E-state index in [1.807, 2.05) is 0 Å². The van der Waals surface area contributed by atoms with E-state index in [0.717, 1.165) is 44.6 Å². The Labute approximate surface area is 127 Å². The molecule has 0 aliphatic carbocycles. The Bertz CT molecular complexity index is 536. The number of imidazole rings is 1. The van der Waals surface area contributed by atoms with Crippen molar-refractivity contribution in [3.05, 3.63) is 30.1 Å². The maximum absolute atomic E-state index is 5.02. The lowest BCUT2D eigenvalue weighted by Gasteiger charge is -2.09. The number of methoxy groups -OCH3 is 1. The van der Waals surface area contributed by atoms with Gasteiger partial charge in [0, 0.05) is 26.6 Å². The summed E-state index contributed by atoms with van der Waals surface area (Å²) < 4.78 is 7.42. The summed E-state index contributed by atoms with van der Waals surface area (Å²) in [6.07, 6.45) is 4.56. The van der Waals surface area contributed by atoms with Crippen molar-refractivity contribution in [2.24, 2.45) is 0 Å². The molecule has 116 valence electrons. The fourth-order valence-electron chi connectivity index (χ4n) is 2.61. The number of ether oxygens (including phenoxy) is 1. The first-order valence-corrected chi connectivity index (χ1v) is 8.00. The highest BCUT2D eigenvalue weighted by Crippen LogP contribution is 2.17. The van der Waals surface area contributed by atoms with Crippen LogP contribution in [-0.4, -0.2) is 36.4 Å². The van der Waals surface area contributed by atoms with Gasteiger partial charge in [0.1, 0.15) is 5.82 Å². The average Bonchev–Trinajstić information content (AvgIpc) is 2.84. The van der Waals surface area contributed by atoms with Gasteiger partial charge in [-0.05, 0) is 37.9 Å². The van der Waals surface area contributed by atoms with Gasteiger partial charge < -0.3 is 14.6 Å². The van der Waals surface area contributed by atoms with Crippen LogP contribution < -0.4 is 5.32 Å². The van der Waals surface area contributed by atoms with E-state index in [2.05, 4.69) is 41.1 Å². The quantitative estimate of drug-likeness (QED) is 0.683. The van der Waals surface area contributed by atoms with E-state index in [4.69, 9.17) is 9.72 Å². The smallest absolute Gasteiger partial charge is 0.109 e. The number of aromatic nitrogens is 2. The number of hydrogen-bond donors (Lipinski definition) is 1. The number of para-hydroxylation sites is 2. The summed E-state index contributed by atoms with van der Waals surface area (Å²) >= 11 is 0. The molecule has 0 radical (unpaired) electrons. The summed E-state index contributed by atoms with van der Waals surface area (Å²) in [6, 6.07) is 8.45. The number of rotatable bonds is 10. The lowest BCUT2D eigenvalue weighted by Crippen LogP contribution is -2.20. The second-order valence-corrected chi connectivity index (χ2v) is 5.37. The van der Waals surface area contributed by atoms with E-state index < -0.39 is 0 Å². The standard InChI is InChI=1S/C17H27N3O/c1-3-8-17-19-15-9-4-5-10-16(15)20(17)13-7-6-11-18-12-14-21-2/h4-5,9-10,18H,3,6-8,11-14H2,1-2H3. The maximum atomic E-state index is 5.02. The maximum Gasteiger partial charge on any atom is 0.109 e. The van der Waals surface area contributed by atoms with Gasteiger partial charge in [0.15, 0.2) is 0 Å². The minimum Gasteiger partial charge on any atom is -0.383 e. The zero-order chi connectivity index (χ0) is 14.9. The van der Waals surface area contributed by atoms with Gasteiger partial charge in [0.05, 0.1) is 17.6 Å². The molecule has 0 unspecified atom stereocenters. The molecule has 0 aliphatic rings. The molecule has 0 aliphatic heterocycles. The molecule has 0 fully saturated rings. The topological polar surface area (TPSA) is 39.1 Å². The van der Waals surface area contributed by atoms with E-state index in [0.29, 0.717) is 0 Å². The molecular formula is C17H27N3O. The molecule has 0 saturated carbocycles. The molecule has 1 N–H and O–H groups in total. The highest BCUT2D eigenvalue weighted by Gasteiger charge is 2.08. The zero-order valence-corrected chi connectivity index (χ0v) is 13.3. The Morgan fingerprint density at radius 2 is 2.05 bits per heavy atom. The molecule has 1 aromatic carbocycles. The summed E-state index contributed by atoms with van der Waals surface area (Å²) in [5.74, 6) is 1.23. The predicted molar refractivity (Wildman–Crippen MR) is 87.7 cm³/mol. The van der Waals surface area contributed by atoms with E-state index in [1.165, 1.54) is 24.2 Å². The molecule has 2 rings (SSSR count). The third-order valence-electron chi connectivity index (χ3n) is 3.68. The Hall–Kier alpha value is -1.39. The molecule has 1 aromatic heterocycles. The van der Waals surface area contributed by atoms with Crippen molar-refractivity contribution in [2.75, 3.05) is 26.8 Å². The Kier molecular flexibility index (Phi) is 6.70. The minimum absolute atomic E-state index is 0.785. The average molecular weight is 289 g/mol. The third-order valence-corrected chi connectivity index (χ3v) is 3.68. The van der Waals surface area contributed by atoms with Crippen molar-refractivity contribution >= 4 is 11.0 Å². The molecular weight excluding hydrogens is 262 g/mol. The molecule has 1 heterocycles. The normalized spacial score (nSPS) is 11.3. The molecule has 0 bridgehead atoms. The number of nitrogens with zero attached hydrogens (tertiary/aromatic N) is 2. The molecule has 0 spiro atoms. The fourth-order valence-corrected chi connectivity index (χ4v) is 2.61. The molecule has 4 heteroatoms. The first-order valence-electron chi connectivity index (χ1n) is 8.00. The Morgan fingerprint density at radius 1 is 1.19 bits per heavy atom. The molecule has 0 atom stereocenters. The summed E-state index contributed by atoms with van der Waals surface area (Å²) in [5.41, 5.74) is 2.40. The van der Waals surface area contributed by atoms with Crippen molar-refractivity contribution in [1.29, 1.82) is 0 Å². The molecule has 0 amide bonds. The summed E-state index contributed by atoms with van der Waals surface area (Å²) in [7, 11) is 1.74. The van der Waals surface area contributed by atoms with Gasteiger partial charge in [-0.15, -0.1) is 0 Å². The molecule has 21 heavy (non-hydrogen) atoms. The van der Waals surface area contributed by atoms with Gasteiger partial charge in [-0.25, -0.2) is 4.98 Å². The van der Waals surface area contributed by atoms with Crippen molar-refractivity contribution in [1.82, 2.24) is 14.9 Å². The van der Waals surface area contributed by atoms with Crippen molar-refractivity contribution in [3.8, 4) is 0 Å². The van der Waals surface area contributed by atoms with E-state index >= 15 is 0 Å². The van der Waals surface area contributed by atoms with Crippen LogP contribution in [0.3, 0.4) is 0 Å². The Balaban J connectivity index is 1.89. The molecule has 2 aromatic rings. The number of benzene rings is 1. The van der Waals surface area contributed by atoms with Crippen LogP contribution in [0.25, 0.3) is 11.0 Å². The van der Waals surface area contributed by atoms with Gasteiger partial charge in [0.2, 0.25) is 0 Å². The van der Waals surface area contributed by atoms with Crippen LogP contribution in [0.4, 0.5) is 0 Å². The number of fused-ring (bicyclic) bond motifs is 1. The van der Waals surface area contributed by atoms with Crippen LogP contribution in [0, 0.1) is 0 Å². The summed E-state index contributed by atoms with van der Waals surface area (Å²) in [4.78, 5) is 4.77. The van der Waals surface area contributed by atoms with Crippen LogP contribution in [0.5, 0.6) is 0 Å². The fraction of sp³-hybridized carbons (Fsp3) is 0.588. The van der Waals surface area contributed by atoms with Crippen LogP contribution in [-0.2, 0) is 17.7 Å². The van der Waals surface area contributed by atoms with Gasteiger partial charge in [0.25, 0.3) is 0 Å². The lowest BCUT2D eigenvalue weighted by atomic mass is 10.2. The third kappa shape index (κ3) is 4.55. The first kappa shape index (κ1) is 16.0. The van der Waals surface area contributed by atoms with E-state index in [1.54, 1.807) is 7.11 Å². The monoisotopic (exact) mass is 289 g/mol. The number of nitrogens with one attached hydrogen (secondary N) is 1. The SMILES string of the molecule is CCCc1nc2ccccc2n1CCCCNCCOC. The number of aryl methyl sites for hydroxylation is 2. The van der Waals surface area contributed by atoms with E-state index in [9.17, 15) is 0 Å². The second-order valence-electron chi connectivity index (χ2n) is 5.37. The van der Waals surface area contributed by atoms with Gasteiger partial charge >= 0.3 is 0 Å². The lowest BCUT2D eigenvalue weighted by molar-refractivity contribution is 0.199. The van der Waals surface area contributed by atoms with Crippen LogP contribution in [0.1, 0.15) is 32.0 Å². The van der Waals surface area contributed by atoms with Crippen LogP contribution >= 0.6 is 0 Å². The number of unbranched alkanes of at least 4 members (excludes halogenated alkanes) is 1. The largest absolute Gasteiger partial charge is 0.383 e. The summed E-state index contributed by atoms with van der Waals surface area (Å²) in [5, 5.41) is 3.39. The predicted octanol–water partition coefficient (Wildman–Crippen LogP) is 3.01. The van der Waals surface area contributed by atoms with Crippen LogP contribution in [0.15, 0.2) is 24.3 Å². The summed E-state index contributed by atoms with van der Waals surface area (Å²) in [6.45, 7) is 6.04. The highest BCUT2D eigenvalue weighted by atomic mass is 16.5. The van der Waals surface area contributed by atoms with Gasteiger partial charge in [-0.2, -0.15) is 0 Å². The van der Waals surface area contributed by atoms with E-state index in [-0.39, 0.29) is 0 Å². The van der Waals surface area contributed by atoms with Crippen molar-refractivity contribution in [2.45, 2.75) is 39.2 Å². The van der Waals surface area contributed by atoms with Crippen molar-refractivity contribution in [3.63, 3.8) is 0 Å². The molecule has 4 nitrogen and oxygen atoms in total. The van der Waals surface area contributed by atoms with Crippen molar-refractivity contribution < 1.29 is 4.74 Å². The molecule has 0 saturated heterocycles.